The van der Waals surface area contributed by atoms with Crippen LogP contribution in [-0.2, 0) is 6.54 Å². The van der Waals surface area contributed by atoms with E-state index in [-0.39, 0.29) is 0 Å². The lowest BCUT2D eigenvalue weighted by Crippen LogP contribution is -2.23. The van der Waals surface area contributed by atoms with E-state index in [2.05, 4.69) is 39.7 Å². The Labute approximate surface area is 139 Å². The van der Waals surface area contributed by atoms with Gasteiger partial charge in [-0.2, -0.15) is 5.10 Å². The first kappa shape index (κ1) is 15.8. The van der Waals surface area contributed by atoms with Crippen molar-refractivity contribution in [2.24, 2.45) is 5.10 Å². The van der Waals surface area contributed by atoms with Gasteiger partial charge in [-0.05, 0) is 55.3 Å². The highest BCUT2D eigenvalue weighted by Gasteiger charge is 2.09. The van der Waals surface area contributed by atoms with Crippen molar-refractivity contribution in [2.75, 3.05) is 18.5 Å². The summed E-state index contributed by atoms with van der Waals surface area (Å²) in [6.07, 6.45) is 7.33. The standard InChI is InChI=1S/C20H25N3/c1-2-7-14-23(13-6-1)17-19-10-8-9-18(15-19)16-21-22-20-11-4-3-5-12-20/h3-5,8-12,15-16,22H,1-2,6-7,13-14,17H2. The van der Waals surface area contributed by atoms with E-state index in [1.54, 1.807) is 0 Å². The Morgan fingerprint density at radius 3 is 2.48 bits per heavy atom. The van der Waals surface area contributed by atoms with Crippen molar-refractivity contribution in [1.29, 1.82) is 0 Å². The van der Waals surface area contributed by atoms with E-state index in [9.17, 15) is 0 Å². The molecule has 0 amide bonds. The van der Waals surface area contributed by atoms with Gasteiger partial charge in [0, 0.05) is 6.54 Å². The normalized spacial score (nSPS) is 16.3. The molecule has 3 nitrogen and oxygen atoms in total. The summed E-state index contributed by atoms with van der Waals surface area (Å²) in [7, 11) is 0. The number of benzene rings is 2. The van der Waals surface area contributed by atoms with Gasteiger partial charge >= 0.3 is 0 Å². The molecule has 1 fully saturated rings. The molecule has 1 aliphatic rings. The SMILES string of the molecule is C(=NNc1ccccc1)c1cccc(CN2CCCCCC2)c1. The van der Waals surface area contributed by atoms with Crippen LogP contribution in [0.3, 0.4) is 0 Å². The van der Waals surface area contributed by atoms with Gasteiger partial charge in [0.25, 0.3) is 0 Å². The van der Waals surface area contributed by atoms with E-state index in [0.717, 1.165) is 17.8 Å². The Hall–Kier alpha value is -2.13. The van der Waals surface area contributed by atoms with E-state index >= 15 is 0 Å². The van der Waals surface area contributed by atoms with Crippen LogP contribution in [0.15, 0.2) is 59.7 Å². The summed E-state index contributed by atoms with van der Waals surface area (Å²) in [6.45, 7) is 3.51. The van der Waals surface area contributed by atoms with Gasteiger partial charge in [0.1, 0.15) is 0 Å². The maximum Gasteiger partial charge on any atom is 0.0561 e. The van der Waals surface area contributed by atoms with Crippen LogP contribution in [0.25, 0.3) is 0 Å². The molecule has 1 saturated heterocycles. The highest BCUT2D eigenvalue weighted by Crippen LogP contribution is 2.14. The van der Waals surface area contributed by atoms with Gasteiger partial charge in [-0.15, -0.1) is 0 Å². The van der Waals surface area contributed by atoms with Gasteiger partial charge in [0.15, 0.2) is 0 Å². The molecule has 0 saturated carbocycles. The Kier molecular flexibility index (Phi) is 5.81. The first-order valence-electron chi connectivity index (χ1n) is 8.55. The van der Waals surface area contributed by atoms with Crippen LogP contribution in [0.5, 0.6) is 0 Å². The lowest BCUT2D eigenvalue weighted by atomic mass is 10.1. The van der Waals surface area contributed by atoms with Crippen molar-refractivity contribution in [2.45, 2.75) is 32.2 Å². The second kappa shape index (κ2) is 8.49. The average molecular weight is 307 g/mol. The predicted octanol–water partition coefficient (Wildman–Crippen LogP) is 4.51. The molecular weight excluding hydrogens is 282 g/mol. The van der Waals surface area contributed by atoms with Crippen molar-refractivity contribution in [1.82, 2.24) is 4.90 Å². The number of rotatable bonds is 5. The number of likely N-dealkylation sites (tertiary alicyclic amines) is 1. The Morgan fingerprint density at radius 1 is 0.913 bits per heavy atom. The van der Waals surface area contributed by atoms with Gasteiger partial charge in [-0.1, -0.05) is 49.2 Å². The topological polar surface area (TPSA) is 27.6 Å². The minimum atomic E-state index is 1.00. The summed E-state index contributed by atoms with van der Waals surface area (Å²) < 4.78 is 0. The first-order valence-corrected chi connectivity index (χ1v) is 8.55. The number of nitrogens with one attached hydrogen (secondary N) is 1. The lowest BCUT2D eigenvalue weighted by Gasteiger charge is -2.19. The molecule has 2 aromatic rings. The second-order valence-electron chi connectivity index (χ2n) is 6.17. The molecule has 0 aromatic heterocycles. The number of hydrazone groups is 1. The largest absolute Gasteiger partial charge is 0.299 e. The molecule has 23 heavy (non-hydrogen) atoms. The van der Waals surface area contributed by atoms with E-state index in [1.807, 2.05) is 36.5 Å². The van der Waals surface area contributed by atoms with Crippen LogP contribution in [0.1, 0.15) is 36.8 Å². The molecule has 1 heterocycles. The molecule has 1 aliphatic heterocycles. The Balaban J connectivity index is 1.58. The quantitative estimate of drug-likeness (QED) is 0.650. The zero-order valence-electron chi connectivity index (χ0n) is 13.6. The van der Waals surface area contributed by atoms with Crippen molar-refractivity contribution in [3.05, 3.63) is 65.7 Å². The molecule has 0 radical (unpaired) electrons. The van der Waals surface area contributed by atoms with Crippen LogP contribution in [0.4, 0.5) is 5.69 Å². The Morgan fingerprint density at radius 2 is 1.70 bits per heavy atom. The smallest absolute Gasteiger partial charge is 0.0561 e. The molecule has 0 aliphatic carbocycles. The van der Waals surface area contributed by atoms with E-state index < -0.39 is 0 Å². The second-order valence-corrected chi connectivity index (χ2v) is 6.17. The van der Waals surface area contributed by atoms with Crippen molar-refractivity contribution in [3.8, 4) is 0 Å². The zero-order chi connectivity index (χ0) is 15.7. The summed E-state index contributed by atoms with van der Waals surface area (Å²) in [6, 6.07) is 18.7. The van der Waals surface area contributed by atoms with Crippen LogP contribution in [-0.4, -0.2) is 24.2 Å². The van der Waals surface area contributed by atoms with E-state index in [0.29, 0.717) is 0 Å². The average Bonchev–Trinajstić information content (AvgIpc) is 2.85. The molecule has 120 valence electrons. The van der Waals surface area contributed by atoms with Gasteiger partial charge in [-0.3, -0.25) is 10.3 Å². The highest BCUT2D eigenvalue weighted by molar-refractivity contribution is 5.80. The molecular formula is C20H25N3. The van der Waals surface area contributed by atoms with Gasteiger partial charge in [-0.25, -0.2) is 0 Å². The monoisotopic (exact) mass is 307 g/mol. The fourth-order valence-corrected chi connectivity index (χ4v) is 3.02. The summed E-state index contributed by atoms with van der Waals surface area (Å²) in [5, 5.41) is 4.33. The lowest BCUT2D eigenvalue weighted by molar-refractivity contribution is 0.277. The molecule has 3 heteroatoms. The maximum atomic E-state index is 4.33. The fraction of sp³-hybridized carbons (Fsp3) is 0.350. The third-order valence-electron chi connectivity index (χ3n) is 4.24. The maximum absolute atomic E-state index is 4.33. The van der Waals surface area contributed by atoms with Gasteiger partial charge in [0.05, 0.1) is 11.9 Å². The molecule has 0 atom stereocenters. The van der Waals surface area contributed by atoms with E-state index in [1.165, 1.54) is 44.3 Å². The first-order chi connectivity index (χ1) is 11.4. The minimum absolute atomic E-state index is 1.00. The Bertz CT molecular complexity index is 614. The van der Waals surface area contributed by atoms with Gasteiger partial charge < -0.3 is 0 Å². The minimum Gasteiger partial charge on any atom is -0.299 e. The summed E-state index contributed by atoms with van der Waals surface area (Å²) >= 11 is 0. The number of hydrogen-bond donors (Lipinski definition) is 1. The number of nitrogens with zero attached hydrogens (tertiary/aromatic N) is 2. The number of anilines is 1. The number of hydrogen-bond acceptors (Lipinski definition) is 3. The van der Waals surface area contributed by atoms with Crippen LogP contribution in [0.2, 0.25) is 0 Å². The third-order valence-corrected chi connectivity index (χ3v) is 4.24. The molecule has 1 N–H and O–H groups in total. The third kappa shape index (κ3) is 5.22. The summed E-state index contributed by atoms with van der Waals surface area (Å²) in [5.41, 5.74) is 6.58. The molecule has 2 aromatic carbocycles. The van der Waals surface area contributed by atoms with Crippen LogP contribution < -0.4 is 5.43 Å². The summed E-state index contributed by atoms with van der Waals surface area (Å²) in [5.74, 6) is 0. The molecule has 0 unspecified atom stereocenters. The fourth-order valence-electron chi connectivity index (χ4n) is 3.02. The van der Waals surface area contributed by atoms with Gasteiger partial charge in [0.2, 0.25) is 0 Å². The molecule has 0 bridgehead atoms. The summed E-state index contributed by atoms with van der Waals surface area (Å²) in [4.78, 5) is 2.57. The zero-order valence-corrected chi connectivity index (χ0v) is 13.6. The van der Waals surface area contributed by atoms with E-state index in [4.69, 9.17) is 0 Å². The number of para-hydroxylation sites is 1. The van der Waals surface area contributed by atoms with Crippen molar-refractivity contribution >= 4 is 11.9 Å². The van der Waals surface area contributed by atoms with Crippen LogP contribution in [0, 0.1) is 0 Å². The molecule has 0 spiro atoms. The van der Waals surface area contributed by atoms with Crippen molar-refractivity contribution in [3.63, 3.8) is 0 Å². The molecule has 3 rings (SSSR count). The predicted molar refractivity (Wildman–Crippen MR) is 97.8 cm³/mol. The highest BCUT2D eigenvalue weighted by atomic mass is 15.3. The van der Waals surface area contributed by atoms with Crippen molar-refractivity contribution < 1.29 is 0 Å². The van der Waals surface area contributed by atoms with Crippen LogP contribution >= 0.6 is 0 Å².